The molecule has 1 aliphatic rings. The molecule has 9 nitrogen and oxygen atoms in total. The Hall–Kier alpha value is -1.85. The highest BCUT2D eigenvalue weighted by Crippen LogP contribution is 2.35. The van der Waals surface area contributed by atoms with Crippen LogP contribution in [0.1, 0.15) is 44.5 Å². The van der Waals surface area contributed by atoms with Crippen LogP contribution in [0.5, 0.6) is 0 Å². The van der Waals surface area contributed by atoms with Crippen LogP contribution < -0.4 is 0 Å². The van der Waals surface area contributed by atoms with Gasteiger partial charge in [-0.25, -0.2) is 8.42 Å². The maximum atomic E-state index is 12.9. The molecule has 0 radical (unpaired) electrons. The number of piperidine rings is 1. The normalized spacial score (nSPS) is 19.4. The monoisotopic (exact) mass is 385 g/mol. The lowest BCUT2D eigenvalue weighted by Gasteiger charge is -2.31. The van der Waals surface area contributed by atoms with Crippen LogP contribution >= 0.6 is 11.3 Å². The van der Waals surface area contributed by atoms with Gasteiger partial charge >= 0.3 is 5.00 Å². The molecule has 25 heavy (non-hydrogen) atoms. The first-order valence-corrected chi connectivity index (χ1v) is 10.3. The molecule has 136 valence electrons. The molecule has 0 aliphatic carbocycles. The Morgan fingerprint density at radius 1 is 1.44 bits per heavy atom. The van der Waals surface area contributed by atoms with E-state index in [1.807, 2.05) is 18.4 Å². The summed E-state index contributed by atoms with van der Waals surface area (Å²) in [5, 5.41) is 20.3. The Bertz CT molecular complexity index is 873. The van der Waals surface area contributed by atoms with Gasteiger partial charge in [0.25, 0.3) is 10.0 Å². The highest BCUT2D eigenvalue weighted by Gasteiger charge is 2.37. The maximum absolute atomic E-state index is 12.9. The highest BCUT2D eigenvalue weighted by atomic mass is 32.2. The van der Waals surface area contributed by atoms with Gasteiger partial charge < -0.3 is 4.57 Å². The van der Waals surface area contributed by atoms with Crippen molar-refractivity contribution in [2.45, 2.75) is 43.5 Å². The third-order valence-corrected chi connectivity index (χ3v) is 7.19. The minimum absolute atomic E-state index is 0.0777. The summed E-state index contributed by atoms with van der Waals surface area (Å²) in [7, 11) is -3.91. The minimum Gasteiger partial charge on any atom is -0.315 e. The van der Waals surface area contributed by atoms with Crippen molar-refractivity contribution in [3.05, 3.63) is 33.7 Å². The molecule has 0 spiro atoms. The van der Waals surface area contributed by atoms with Crippen LogP contribution in [0.4, 0.5) is 5.00 Å². The van der Waals surface area contributed by atoms with Crippen LogP contribution in [0.25, 0.3) is 0 Å². The topological polar surface area (TPSA) is 111 Å². The van der Waals surface area contributed by atoms with Gasteiger partial charge in [0.2, 0.25) is 0 Å². The summed E-state index contributed by atoms with van der Waals surface area (Å²) in [6, 6.07) is 1.48. The van der Waals surface area contributed by atoms with E-state index < -0.39 is 14.9 Å². The molecule has 0 amide bonds. The van der Waals surface area contributed by atoms with E-state index in [4.69, 9.17) is 0 Å². The number of thiophene rings is 1. The molecular formula is C14H19N5O4S2. The first-order chi connectivity index (χ1) is 11.8. The zero-order valence-electron chi connectivity index (χ0n) is 13.9. The van der Waals surface area contributed by atoms with Gasteiger partial charge in [-0.2, -0.15) is 4.31 Å². The Morgan fingerprint density at radius 2 is 2.20 bits per heavy atom. The molecule has 2 aromatic heterocycles. The third kappa shape index (κ3) is 3.31. The zero-order valence-corrected chi connectivity index (χ0v) is 15.5. The lowest BCUT2D eigenvalue weighted by Crippen LogP contribution is -2.39. The van der Waals surface area contributed by atoms with E-state index in [9.17, 15) is 18.5 Å². The van der Waals surface area contributed by atoms with Crippen molar-refractivity contribution in [3.8, 4) is 0 Å². The number of hydrogen-bond acceptors (Lipinski definition) is 7. The van der Waals surface area contributed by atoms with Gasteiger partial charge in [0.05, 0.1) is 4.92 Å². The van der Waals surface area contributed by atoms with Crippen LogP contribution in [0.3, 0.4) is 0 Å². The molecular weight excluding hydrogens is 366 g/mol. The smallest absolute Gasteiger partial charge is 0.315 e. The van der Waals surface area contributed by atoms with Gasteiger partial charge in [0.15, 0.2) is 4.90 Å². The molecule has 0 saturated carbocycles. The number of rotatable bonds is 5. The molecule has 0 N–H and O–H groups in total. The largest absolute Gasteiger partial charge is 0.344 e. The van der Waals surface area contributed by atoms with Gasteiger partial charge in [-0.1, -0.05) is 11.3 Å². The van der Waals surface area contributed by atoms with Gasteiger partial charge in [-0.3, -0.25) is 10.1 Å². The van der Waals surface area contributed by atoms with Crippen molar-refractivity contribution in [2.75, 3.05) is 13.1 Å². The summed E-state index contributed by atoms with van der Waals surface area (Å²) >= 11 is 0.822. The van der Waals surface area contributed by atoms with E-state index in [1.165, 1.54) is 15.8 Å². The summed E-state index contributed by atoms with van der Waals surface area (Å²) in [5.41, 5.74) is 0. The SMILES string of the molecule is CC(C)n1cnnc1[C@@H]1CCCN(S(=O)(=O)c2ccsc2[N+](=O)[O-])C1. The standard InChI is InChI=1S/C14H19N5O4S2/c1-10(2)18-9-15-16-13(18)11-4-3-6-17(8-11)25(22,23)12-5-7-24-14(12)19(20)21/h5,7,9-11H,3-4,6,8H2,1-2H3/t11-/m1/s1. The summed E-state index contributed by atoms with van der Waals surface area (Å²) < 4.78 is 29.1. The minimum atomic E-state index is -3.91. The van der Waals surface area contributed by atoms with Crippen LogP contribution in [-0.2, 0) is 10.0 Å². The molecule has 1 atom stereocenters. The number of nitrogens with zero attached hydrogens (tertiary/aromatic N) is 5. The molecule has 1 aliphatic heterocycles. The molecule has 3 rings (SSSR count). The fourth-order valence-corrected chi connectivity index (χ4v) is 5.78. The van der Waals surface area contributed by atoms with Gasteiger partial charge in [-0.15, -0.1) is 10.2 Å². The highest BCUT2D eigenvalue weighted by molar-refractivity contribution is 7.89. The number of nitro groups is 1. The van der Waals surface area contributed by atoms with Crippen LogP contribution in [-0.4, -0.2) is 45.5 Å². The first-order valence-electron chi connectivity index (χ1n) is 7.93. The molecule has 11 heteroatoms. The van der Waals surface area contributed by atoms with Gasteiger partial charge in [-0.05, 0) is 38.1 Å². The second-order valence-corrected chi connectivity index (χ2v) is 9.04. The summed E-state index contributed by atoms with van der Waals surface area (Å²) in [6.45, 7) is 4.63. The molecule has 0 bridgehead atoms. The van der Waals surface area contributed by atoms with Crippen LogP contribution in [0.2, 0.25) is 0 Å². The second-order valence-electron chi connectivity index (χ2n) is 6.24. The van der Waals surface area contributed by atoms with Crippen molar-refractivity contribution < 1.29 is 13.3 Å². The first kappa shape index (κ1) is 18.0. The van der Waals surface area contributed by atoms with E-state index in [-0.39, 0.29) is 28.4 Å². The molecule has 1 saturated heterocycles. The summed E-state index contributed by atoms with van der Waals surface area (Å²) in [4.78, 5) is 10.2. The van der Waals surface area contributed by atoms with Crippen molar-refractivity contribution >= 4 is 26.4 Å². The Labute approximate surface area is 149 Å². The van der Waals surface area contributed by atoms with Crippen LogP contribution in [0, 0.1) is 10.1 Å². The van der Waals surface area contributed by atoms with Gasteiger partial charge in [0, 0.05) is 25.0 Å². The fraction of sp³-hybridized carbons (Fsp3) is 0.571. The molecule has 0 aromatic carbocycles. The van der Waals surface area contributed by atoms with Crippen LogP contribution in [0.15, 0.2) is 22.7 Å². The van der Waals surface area contributed by atoms with E-state index in [0.29, 0.717) is 13.0 Å². The molecule has 1 fully saturated rings. The van der Waals surface area contributed by atoms with E-state index in [0.717, 1.165) is 23.6 Å². The zero-order chi connectivity index (χ0) is 18.2. The lowest BCUT2D eigenvalue weighted by molar-refractivity contribution is -0.383. The fourth-order valence-electron chi connectivity index (χ4n) is 3.07. The predicted octanol–water partition coefficient (Wildman–Crippen LogP) is 2.40. The summed E-state index contributed by atoms with van der Waals surface area (Å²) in [5.74, 6) is 0.681. The maximum Gasteiger partial charge on any atom is 0.344 e. The quantitative estimate of drug-likeness (QED) is 0.577. The van der Waals surface area contributed by atoms with Crippen molar-refractivity contribution in [2.24, 2.45) is 0 Å². The lowest BCUT2D eigenvalue weighted by atomic mass is 9.98. The average Bonchev–Trinajstić information content (AvgIpc) is 3.24. The third-order valence-electron chi connectivity index (χ3n) is 4.30. The van der Waals surface area contributed by atoms with E-state index in [1.54, 1.807) is 6.33 Å². The predicted molar refractivity (Wildman–Crippen MR) is 92.1 cm³/mol. The van der Waals surface area contributed by atoms with E-state index in [2.05, 4.69) is 10.2 Å². The Balaban J connectivity index is 1.89. The molecule has 3 heterocycles. The molecule has 0 unspecified atom stereocenters. The average molecular weight is 385 g/mol. The molecule has 2 aromatic rings. The number of aromatic nitrogens is 3. The Morgan fingerprint density at radius 3 is 2.88 bits per heavy atom. The number of hydrogen-bond donors (Lipinski definition) is 0. The van der Waals surface area contributed by atoms with E-state index >= 15 is 0 Å². The second kappa shape index (κ2) is 6.81. The van der Waals surface area contributed by atoms with Crippen molar-refractivity contribution in [1.82, 2.24) is 19.1 Å². The van der Waals surface area contributed by atoms with Crippen molar-refractivity contribution in [3.63, 3.8) is 0 Å². The summed E-state index contributed by atoms with van der Waals surface area (Å²) in [6.07, 6.45) is 3.13. The Kier molecular flexibility index (Phi) is 4.89. The van der Waals surface area contributed by atoms with Gasteiger partial charge in [0.1, 0.15) is 12.2 Å². The number of sulfonamides is 1. The van der Waals surface area contributed by atoms with Crippen molar-refractivity contribution in [1.29, 1.82) is 0 Å².